The first kappa shape index (κ1) is 14.5. The first-order valence-corrected chi connectivity index (χ1v) is 7.13. The Kier molecular flexibility index (Phi) is 4.34. The Morgan fingerprint density at radius 1 is 1.22 bits per heavy atom. The third kappa shape index (κ3) is 2.81. The van der Waals surface area contributed by atoms with Crippen LogP contribution in [0.3, 0.4) is 0 Å². The molecule has 100 valence electrons. The lowest BCUT2D eigenvalue weighted by Gasteiger charge is -2.27. The van der Waals surface area contributed by atoms with Gasteiger partial charge in [0, 0.05) is 7.05 Å². The van der Waals surface area contributed by atoms with Crippen molar-refractivity contribution in [2.75, 3.05) is 7.05 Å². The lowest BCUT2D eigenvalue weighted by atomic mass is 10.2. The highest BCUT2D eigenvalue weighted by Crippen LogP contribution is 2.28. The number of amides is 1. The van der Waals surface area contributed by atoms with Gasteiger partial charge in [-0.05, 0) is 19.4 Å². The minimum absolute atomic E-state index is 0.455. The molecule has 1 aromatic carbocycles. The molecule has 1 amide bonds. The largest absolute Gasteiger partial charge is 0.465 e. The first-order valence-electron chi connectivity index (χ1n) is 5.52. The summed E-state index contributed by atoms with van der Waals surface area (Å²) in [7, 11) is -2.33. The van der Waals surface area contributed by atoms with Crippen molar-refractivity contribution in [2.45, 2.75) is 24.5 Å². The van der Waals surface area contributed by atoms with Gasteiger partial charge in [-0.1, -0.05) is 30.3 Å². The van der Waals surface area contributed by atoms with Gasteiger partial charge in [0.25, 0.3) is 0 Å². The molecule has 0 aliphatic carbocycles. The number of hydrogen-bond donors (Lipinski definition) is 1. The second kappa shape index (κ2) is 5.39. The van der Waals surface area contributed by atoms with E-state index in [1.807, 2.05) is 0 Å². The molecule has 0 radical (unpaired) electrons. The first-order chi connectivity index (χ1) is 8.28. The van der Waals surface area contributed by atoms with E-state index in [-0.39, 0.29) is 0 Å². The van der Waals surface area contributed by atoms with Gasteiger partial charge in [0.1, 0.15) is 0 Å². The maximum Gasteiger partial charge on any atom is 0.408 e. The maximum atomic E-state index is 12.3. The highest BCUT2D eigenvalue weighted by Gasteiger charge is 2.35. The van der Waals surface area contributed by atoms with Crippen LogP contribution < -0.4 is 0 Å². The van der Waals surface area contributed by atoms with Gasteiger partial charge in [-0.2, -0.15) is 0 Å². The van der Waals surface area contributed by atoms with Crippen LogP contribution in [0.15, 0.2) is 30.3 Å². The molecular weight excluding hydrogens is 254 g/mol. The van der Waals surface area contributed by atoms with E-state index in [0.29, 0.717) is 5.56 Å². The summed E-state index contributed by atoms with van der Waals surface area (Å²) in [6, 6.07) is 8.36. The second-order valence-corrected chi connectivity index (χ2v) is 6.86. The van der Waals surface area contributed by atoms with Crippen molar-refractivity contribution in [1.82, 2.24) is 4.90 Å². The van der Waals surface area contributed by atoms with Crippen molar-refractivity contribution >= 4 is 15.9 Å². The molecule has 0 aliphatic rings. The number of carbonyl (C=O) groups is 1. The van der Waals surface area contributed by atoms with Gasteiger partial charge < -0.3 is 5.11 Å². The smallest absolute Gasteiger partial charge is 0.408 e. The summed E-state index contributed by atoms with van der Waals surface area (Å²) in [5.41, 5.74) is 0.455. The zero-order valence-electron chi connectivity index (χ0n) is 10.6. The molecule has 0 aromatic heterocycles. The van der Waals surface area contributed by atoms with Crippen molar-refractivity contribution in [1.29, 1.82) is 0 Å². The zero-order valence-corrected chi connectivity index (χ0v) is 11.4. The Morgan fingerprint density at radius 3 is 2.11 bits per heavy atom. The molecular formula is C12H17NO4S. The maximum absolute atomic E-state index is 12.3. The summed E-state index contributed by atoms with van der Waals surface area (Å²) in [5, 5.41) is 7.20. The average Bonchev–Trinajstić information content (AvgIpc) is 2.29. The van der Waals surface area contributed by atoms with E-state index in [1.54, 1.807) is 44.2 Å². The normalized spacial score (nSPS) is 13.3. The fourth-order valence-electron chi connectivity index (χ4n) is 1.61. The van der Waals surface area contributed by atoms with E-state index in [1.165, 1.54) is 7.05 Å². The Labute approximate surface area is 107 Å². The monoisotopic (exact) mass is 271 g/mol. The summed E-state index contributed by atoms with van der Waals surface area (Å²) in [5.74, 6) is 0. The molecule has 0 spiro atoms. The van der Waals surface area contributed by atoms with Crippen LogP contribution >= 0.6 is 0 Å². The third-order valence-electron chi connectivity index (χ3n) is 2.71. The van der Waals surface area contributed by atoms with Crippen molar-refractivity contribution in [2.24, 2.45) is 0 Å². The van der Waals surface area contributed by atoms with Gasteiger partial charge >= 0.3 is 6.09 Å². The van der Waals surface area contributed by atoms with Gasteiger partial charge in [-0.25, -0.2) is 13.2 Å². The molecule has 1 unspecified atom stereocenters. The van der Waals surface area contributed by atoms with E-state index in [0.717, 1.165) is 4.90 Å². The van der Waals surface area contributed by atoms with Gasteiger partial charge in [0.15, 0.2) is 15.2 Å². The molecule has 18 heavy (non-hydrogen) atoms. The van der Waals surface area contributed by atoms with Gasteiger partial charge in [0.05, 0.1) is 5.25 Å². The van der Waals surface area contributed by atoms with Crippen LogP contribution in [0.4, 0.5) is 4.79 Å². The zero-order chi connectivity index (χ0) is 13.9. The summed E-state index contributed by atoms with van der Waals surface area (Å²) in [6.07, 6.45) is -1.27. The lowest BCUT2D eigenvalue weighted by Crippen LogP contribution is -2.37. The van der Waals surface area contributed by atoms with Crippen molar-refractivity contribution in [3.8, 4) is 0 Å². The number of nitrogens with zero attached hydrogens (tertiary/aromatic N) is 1. The minimum atomic E-state index is -3.59. The topological polar surface area (TPSA) is 74.7 Å². The Hall–Kier alpha value is -1.56. The van der Waals surface area contributed by atoms with E-state index >= 15 is 0 Å². The number of hydrogen-bond acceptors (Lipinski definition) is 3. The molecule has 1 atom stereocenters. The van der Waals surface area contributed by atoms with Gasteiger partial charge in [0.2, 0.25) is 0 Å². The summed E-state index contributed by atoms with van der Waals surface area (Å²) in [6.45, 7) is 3.09. The van der Waals surface area contributed by atoms with Crippen LogP contribution in [0.25, 0.3) is 0 Å². The SMILES string of the molecule is CC(C)S(=O)(=O)C(c1ccccc1)N(C)C(=O)O. The van der Waals surface area contributed by atoms with Gasteiger partial charge in [-0.3, -0.25) is 4.90 Å². The predicted octanol–water partition coefficient (Wildman–Crippen LogP) is 2.12. The summed E-state index contributed by atoms with van der Waals surface area (Å²) >= 11 is 0. The standard InChI is InChI=1S/C12H17NO4S/c1-9(2)18(16,17)11(13(3)12(14)15)10-7-5-4-6-8-10/h4-9,11H,1-3H3,(H,14,15). The average molecular weight is 271 g/mol. The second-order valence-electron chi connectivity index (χ2n) is 4.29. The highest BCUT2D eigenvalue weighted by atomic mass is 32.2. The number of benzene rings is 1. The highest BCUT2D eigenvalue weighted by molar-refractivity contribution is 7.92. The molecule has 1 rings (SSSR count). The van der Waals surface area contributed by atoms with E-state index < -0.39 is 26.6 Å². The number of sulfone groups is 1. The fraction of sp³-hybridized carbons (Fsp3) is 0.417. The summed E-state index contributed by atoms with van der Waals surface area (Å²) < 4.78 is 24.5. The fourth-order valence-corrected chi connectivity index (χ4v) is 3.19. The van der Waals surface area contributed by atoms with Crippen LogP contribution in [-0.2, 0) is 9.84 Å². The molecule has 6 heteroatoms. The molecule has 5 nitrogen and oxygen atoms in total. The van der Waals surface area contributed by atoms with Crippen molar-refractivity contribution in [3.05, 3.63) is 35.9 Å². The Bertz CT molecular complexity index is 510. The lowest BCUT2D eigenvalue weighted by molar-refractivity contribution is 0.150. The molecule has 1 N–H and O–H groups in total. The Balaban J connectivity index is 3.33. The van der Waals surface area contributed by atoms with Crippen molar-refractivity contribution in [3.63, 3.8) is 0 Å². The molecule has 0 heterocycles. The van der Waals surface area contributed by atoms with Crippen LogP contribution in [0.2, 0.25) is 0 Å². The molecule has 0 saturated heterocycles. The van der Waals surface area contributed by atoms with Crippen LogP contribution in [0.1, 0.15) is 24.8 Å². The Morgan fingerprint density at radius 2 is 1.72 bits per heavy atom. The molecule has 0 aliphatic heterocycles. The van der Waals surface area contributed by atoms with Crippen molar-refractivity contribution < 1.29 is 18.3 Å². The van der Waals surface area contributed by atoms with Crippen LogP contribution in [0.5, 0.6) is 0 Å². The molecule has 1 aromatic rings. The third-order valence-corrected chi connectivity index (χ3v) is 5.23. The summed E-state index contributed by atoms with van der Waals surface area (Å²) in [4.78, 5) is 11.9. The number of carboxylic acid groups (broad SMARTS) is 1. The minimum Gasteiger partial charge on any atom is -0.465 e. The molecule has 0 fully saturated rings. The van der Waals surface area contributed by atoms with Crippen LogP contribution in [-0.4, -0.2) is 36.8 Å². The predicted molar refractivity (Wildman–Crippen MR) is 69.0 cm³/mol. The van der Waals surface area contributed by atoms with E-state index in [2.05, 4.69) is 0 Å². The van der Waals surface area contributed by atoms with E-state index in [4.69, 9.17) is 5.11 Å². The molecule has 0 saturated carbocycles. The van der Waals surface area contributed by atoms with Gasteiger partial charge in [-0.15, -0.1) is 0 Å². The molecule has 0 bridgehead atoms. The number of rotatable bonds is 4. The van der Waals surface area contributed by atoms with E-state index in [9.17, 15) is 13.2 Å². The quantitative estimate of drug-likeness (QED) is 0.910. The van der Waals surface area contributed by atoms with Crippen LogP contribution in [0, 0.1) is 0 Å².